The molecule has 0 aliphatic carbocycles. The number of halogens is 3. The number of aromatic nitrogens is 2. The van der Waals surface area contributed by atoms with Crippen molar-refractivity contribution in [2.24, 2.45) is 11.8 Å². The molecule has 0 spiro atoms. The van der Waals surface area contributed by atoms with Crippen molar-refractivity contribution in [3.05, 3.63) is 52.8 Å². The van der Waals surface area contributed by atoms with Crippen molar-refractivity contribution in [2.75, 3.05) is 0 Å². The van der Waals surface area contributed by atoms with E-state index in [0.717, 1.165) is 0 Å². The van der Waals surface area contributed by atoms with Gasteiger partial charge in [0, 0.05) is 17.2 Å². The van der Waals surface area contributed by atoms with Crippen molar-refractivity contribution in [3.8, 4) is 11.8 Å². The Bertz CT molecular complexity index is 1250. The first-order chi connectivity index (χ1) is 15.5. The van der Waals surface area contributed by atoms with Gasteiger partial charge in [0.2, 0.25) is 5.78 Å². The van der Waals surface area contributed by atoms with E-state index < -0.39 is 29.3 Å². The van der Waals surface area contributed by atoms with Gasteiger partial charge in [-0.3, -0.25) is 14.2 Å². The Morgan fingerprint density at radius 2 is 1.91 bits per heavy atom. The highest BCUT2D eigenvalue weighted by atomic mass is 79.9. The lowest BCUT2D eigenvalue weighted by Crippen LogP contribution is -2.30. The monoisotopic (exact) mass is 535 g/mol. The molecule has 172 valence electrons. The molecule has 33 heavy (non-hydrogen) atoms. The number of carbonyl (C=O) groups excluding carboxylic acids is 1. The lowest BCUT2D eigenvalue weighted by molar-refractivity contribution is -0.146. The molecule has 0 bridgehead atoms. The molecule has 1 unspecified atom stereocenters. The van der Waals surface area contributed by atoms with Crippen LogP contribution in [-0.4, -0.2) is 31.7 Å². The van der Waals surface area contributed by atoms with Crippen LogP contribution < -0.4 is 0 Å². The average Bonchev–Trinajstić information content (AvgIpc) is 3.11. The van der Waals surface area contributed by atoms with Gasteiger partial charge in [-0.05, 0) is 52.2 Å². The summed E-state index contributed by atoms with van der Waals surface area (Å²) in [6, 6.07) is 12.4. The number of ketones is 1. The van der Waals surface area contributed by atoms with Crippen molar-refractivity contribution < 1.29 is 23.5 Å². The SMILES string of the molecule is CC(C)CC(CC(=O)C(F)(F)Sc1ncc(Br)n1-c1ccc(C#N)c2ccccc12)C(=O)O. The molecule has 0 aliphatic rings. The molecular formula is C23H20BrF2N3O3S. The van der Waals surface area contributed by atoms with Gasteiger partial charge in [-0.2, -0.15) is 14.0 Å². The van der Waals surface area contributed by atoms with E-state index in [0.29, 0.717) is 26.6 Å². The van der Waals surface area contributed by atoms with Gasteiger partial charge in [-0.15, -0.1) is 0 Å². The minimum atomic E-state index is -3.88. The quantitative estimate of drug-likeness (QED) is 0.335. The largest absolute Gasteiger partial charge is 0.481 e. The van der Waals surface area contributed by atoms with Gasteiger partial charge in [0.05, 0.1) is 29.4 Å². The second-order valence-corrected chi connectivity index (χ2v) is 9.79. The fourth-order valence-corrected chi connectivity index (χ4v) is 4.93. The van der Waals surface area contributed by atoms with Crippen molar-refractivity contribution in [3.63, 3.8) is 0 Å². The molecule has 1 heterocycles. The van der Waals surface area contributed by atoms with E-state index in [-0.39, 0.29) is 29.3 Å². The molecule has 10 heteroatoms. The first-order valence-electron chi connectivity index (χ1n) is 10.0. The average molecular weight is 536 g/mol. The zero-order valence-corrected chi connectivity index (χ0v) is 20.2. The number of imidazole rings is 1. The summed E-state index contributed by atoms with van der Waals surface area (Å²) in [6.07, 6.45) is 0.698. The number of alkyl halides is 2. The van der Waals surface area contributed by atoms with Crippen LogP contribution in [0.4, 0.5) is 8.78 Å². The van der Waals surface area contributed by atoms with Crippen molar-refractivity contribution >= 4 is 50.2 Å². The normalized spacial score (nSPS) is 12.6. The summed E-state index contributed by atoms with van der Waals surface area (Å²) < 4.78 is 31.6. The molecule has 1 atom stereocenters. The number of rotatable bonds is 9. The fourth-order valence-electron chi connectivity index (χ4n) is 3.54. The molecule has 3 rings (SSSR count). The molecule has 3 aromatic rings. The number of hydrogen-bond donors (Lipinski definition) is 1. The van der Waals surface area contributed by atoms with Gasteiger partial charge in [-0.1, -0.05) is 38.1 Å². The number of carbonyl (C=O) groups is 2. The third-order valence-corrected chi connectivity index (χ3v) is 6.54. The van der Waals surface area contributed by atoms with Crippen LogP contribution in [0, 0.1) is 23.2 Å². The number of fused-ring (bicyclic) bond motifs is 1. The highest BCUT2D eigenvalue weighted by molar-refractivity contribution is 9.10. The second kappa shape index (κ2) is 10.0. The first kappa shape index (κ1) is 24.9. The van der Waals surface area contributed by atoms with Crippen LogP contribution in [0.1, 0.15) is 32.3 Å². The summed E-state index contributed by atoms with van der Waals surface area (Å²) >= 11 is 3.29. The maximum absolute atomic E-state index is 14.9. The molecule has 1 N–H and O–H groups in total. The fraction of sp³-hybridized carbons (Fsp3) is 0.304. The number of nitriles is 1. The molecule has 2 aromatic carbocycles. The summed E-state index contributed by atoms with van der Waals surface area (Å²) in [7, 11) is 0. The van der Waals surface area contributed by atoms with Crippen LogP contribution in [0.5, 0.6) is 0 Å². The highest BCUT2D eigenvalue weighted by Gasteiger charge is 2.43. The summed E-state index contributed by atoms with van der Waals surface area (Å²) in [5, 5.41) is 16.0. The number of benzene rings is 2. The van der Waals surface area contributed by atoms with Crippen LogP contribution in [-0.2, 0) is 9.59 Å². The van der Waals surface area contributed by atoms with Gasteiger partial charge >= 0.3 is 11.2 Å². The highest BCUT2D eigenvalue weighted by Crippen LogP contribution is 2.41. The number of carboxylic acid groups (broad SMARTS) is 1. The van der Waals surface area contributed by atoms with E-state index >= 15 is 0 Å². The van der Waals surface area contributed by atoms with E-state index in [1.54, 1.807) is 50.2 Å². The maximum Gasteiger partial charge on any atom is 0.358 e. The third-order valence-electron chi connectivity index (χ3n) is 5.03. The molecule has 0 aliphatic heterocycles. The standard InChI is InChI=1S/C23H20BrF2N3O3S/c1-13(2)9-15(21(31)32)10-19(30)23(25,26)33-22-28-12-20(24)29(22)18-8-7-14(11-27)16-5-3-4-6-17(16)18/h3-8,12-13,15H,9-10H2,1-2H3,(H,31,32). The Morgan fingerprint density at radius 3 is 2.52 bits per heavy atom. The number of thioether (sulfide) groups is 1. The summed E-state index contributed by atoms with van der Waals surface area (Å²) in [6.45, 7) is 3.53. The van der Waals surface area contributed by atoms with Crippen LogP contribution in [0.25, 0.3) is 16.5 Å². The number of carboxylic acids is 1. The molecular weight excluding hydrogens is 516 g/mol. The predicted molar refractivity (Wildman–Crippen MR) is 124 cm³/mol. The van der Waals surface area contributed by atoms with Crippen molar-refractivity contribution in [1.29, 1.82) is 5.26 Å². The van der Waals surface area contributed by atoms with Gasteiger partial charge in [-0.25, -0.2) is 4.98 Å². The van der Waals surface area contributed by atoms with E-state index in [2.05, 4.69) is 27.0 Å². The molecule has 1 aromatic heterocycles. The van der Waals surface area contributed by atoms with E-state index in [1.807, 2.05) is 0 Å². The summed E-state index contributed by atoms with van der Waals surface area (Å²) in [5.74, 6) is -3.97. The molecule has 0 saturated heterocycles. The lowest BCUT2D eigenvalue weighted by Gasteiger charge is -2.19. The van der Waals surface area contributed by atoms with Gasteiger partial charge in [0.15, 0.2) is 5.16 Å². The van der Waals surface area contributed by atoms with Crippen LogP contribution in [0.3, 0.4) is 0 Å². The minimum Gasteiger partial charge on any atom is -0.481 e. The summed E-state index contributed by atoms with van der Waals surface area (Å²) in [5.41, 5.74) is 0.938. The minimum absolute atomic E-state index is 0.0316. The van der Waals surface area contributed by atoms with E-state index in [1.165, 1.54) is 10.8 Å². The Balaban J connectivity index is 1.97. The molecule has 0 amide bonds. The molecule has 6 nitrogen and oxygen atoms in total. The van der Waals surface area contributed by atoms with Gasteiger partial charge in [0.1, 0.15) is 4.60 Å². The van der Waals surface area contributed by atoms with Crippen LogP contribution >= 0.6 is 27.7 Å². The van der Waals surface area contributed by atoms with Crippen LogP contribution in [0.2, 0.25) is 0 Å². The predicted octanol–water partition coefficient (Wildman–Crippen LogP) is 6.05. The smallest absolute Gasteiger partial charge is 0.358 e. The number of aliphatic carboxylic acids is 1. The van der Waals surface area contributed by atoms with E-state index in [4.69, 9.17) is 0 Å². The Morgan fingerprint density at radius 1 is 1.24 bits per heavy atom. The van der Waals surface area contributed by atoms with E-state index in [9.17, 15) is 28.7 Å². The lowest BCUT2D eigenvalue weighted by atomic mass is 9.92. The first-order valence-corrected chi connectivity index (χ1v) is 11.6. The second-order valence-electron chi connectivity index (χ2n) is 7.90. The Labute approximate surface area is 201 Å². The zero-order chi connectivity index (χ0) is 24.3. The zero-order valence-electron chi connectivity index (χ0n) is 17.8. The molecule has 0 radical (unpaired) electrons. The van der Waals surface area contributed by atoms with Crippen molar-refractivity contribution in [2.45, 2.75) is 37.1 Å². The maximum atomic E-state index is 14.9. The number of Topliss-reactive ketones (excluding diaryl/α,β-unsaturated/α-hetero) is 1. The van der Waals surface area contributed by atoms with Crippen molar-refractivity contribution in [1.82, 2.24) is 9.55 Å². The van der Waals surface area contributed by atoms with Gasteiger partial charge < -0.3 is 5.11 Å². The third kappa shape index (κ3) is 5.42. The van der Waals surface area contributed by atoms with Crippen LogP contribution in [0.15, 0.2) is 52.4 Å². The summed E-state index contributed by atoms with van der Waals surface area (Å²) in [4.78, 5) is 27.9. The molecule has 0 fully saturated rings. The number of nitrogens with zero attached hydrogens (tertiary/aromatic N) is 3. The Hall–Kier alpha value is -2.77. The topological polar surface area (TPSA) is 96.0 Å². The van der Waals surface area contributed by atoms with Gasteiger partial charge in [0.25, 0.3) is 0 Å². The number of hydrogen-bond acceptors (Lipinski definition) is 5. The Kier molecular flexibility index (Phi) is 7.55. The molecule has 0 saturated carbocycles.